The van der Waals surface area contributed by atoms with Crippen molar-refractivity contribution in [3.05, 3.63) is 145 Å². The lowest BCUT2D eigenvalue weighted by atomic mass is 9.73. The van der Waals surface area contributed by atoms with Gasteiger partial charge in [-0.3, -0.25) is 0 Å². The third-order valence-electron chi connectivity index (χ3n) is 33.0. The number of allylic oxidation sites excluding steroid dienone is 18. The molecule has 1 aromatic rings. The van der Waals surface area contributed by atoms with Crippen LogP contribution in [0.5, 0.6) is 0 Å². The summed E-state index contributed by atoms with van der Waals surface area (Å²) in [5, 5.41) is 9.36. The first-order valence-corrected chi connectivity index (χ1v) is 47.7. The fourth-order valence-corrected chi connectivity index (χ4v) is 26.6. The first kappa shape index (κ1) is 94.1. The first-order chi connectivity index (χ1) is 55.9. The molecule has 10 saturated carbocycles. The molecule has 0 saturated heterocycles. The molecule has 10 fully saturated rings. The Morgan fingerprint density at radius 1 is 0.387 bits per heavy atom. The summed E-state index contributed by atoms with van der Waals surface area (Å²) in [6.45, 7) is 32.6. The molecule has 668 valence electrons. The molecule has 14 heteroatoms. The van der Waals surface area contributed by atoms with Crippen molar-refractivity contribution in [2.75, 3.05) is 6.61 Å². The quantitative estimate of drug-likeness (QED) is 0.158. The average Bonchev–Trinajstić information content (AvgIpc) is 1.74. The van der Waals surface area contributed by atoms with Gasteiger partial charge < -0.3 is 9.84 Å². The van der Waals surface area contributed by atoms with Crippen molar-refractivity contribution in [1.29, 1.82) is 0 Å². The third kappa shape index (κ3) is 23.8. The van der Waals surface area contributed by atoms with Crippen LogP contribution in [-0.4, -0.2) is 42.5 Å². The summed E-state index contributed by atoms with van der Waals surface area (Å²) in [5.41, 5.74) is -4.29. The van der Waals surface area contributed by atoms with Gasteiger partial charge in [-0.1, -0.05) is 269 Å². The molecular weight excluding hydrogens is 1520 g/mol. The Bertz CT molecular complexity index is 3620. The molecule has 119 heavy (non-hydrogen) atoms. The van der Waals surface area contributed by atoms with Crippen molar-refractivity contribution < 1.29 is 62.5 Å². The molecule has 19 aliphatic rings. The number of hydrogen-bond donors (Lipinski definition) is 1. The third-order valence-corrected chi connectivity index (χ3v) is 33.0. The summed E-state index contributed by atoms with van der Waals surface area (Å²) in [6, 6.07) is 3.98. The standard InChI is InChI=1S/C16H14F6O.C13H20.2C12H20.C11H12F6O.2C11H18.C10H16.C9H14/c17-15(18,19)14(23,16(20,21)22)12-5-3-10(4-6-12)13-8-9-1-2-11(13)7-9;1-2-4-11(5-3-1)13-9-10-6-7-12(13)8-10;1-12(2,3)8-11-7-9-4-5-10(11)6-9;1-8(2)9(3)12-7-10-4-5-11(12)6-10;12-10(13,14)9(11(15,16)17)18-5-8-4-6-1-2-7(8)3-6;1-11(2,3)10-7-8-4-5-9(10)6-8;1-8(2)5-11-7-9-3-4-10(11)6-9;1-7(2)10-6-8-3-4-9(10)5-8;1-2-8-5-7-3-4-9(8)6-7/h1-6,9,11,13,23H,7-8H2;6-7,10-13H,1-5,8-9H2;4-5,9-11H,6-8H2,1-3H3;4-5,8-12H,6-7H2,1-3H3;1-2,6-9H,3-5H2;4-5,8-10H,6-7H2,1-3H3;3-4,8-11H,5-7H2,1-2H3;3-4,7-10H,5-6H2,1-2H3;3-4,7-9H,2,5-6H2,1H3. The molecule has 20 rings (SSSR count). The molecule has 28 unspecified atom stereocenters. The summed E-state index contributed by atoms with van der Waals surface area (Å²) in [5.74, 6) is 26.2. The monoisotopic (exact) mass is 1670 g/mol. The molecule has 1 aromatic carbocycles. The highest BCUT2D eigenvalue weighted by Crippen LogP contribution is 2.57. The lowest BCUT2D eigenvalue weighted by molar-refractivity contribution is -0.376. The predicted octanol–water partition coefficient (Wildman–Crippen LogP) is 31.2. The van der Waals surface area contributed by atoms with Crippen LogP contribution in [0, 0.1) is 194 Å². The molecule has 0 aliphatic heterocycles. The van der Waals surface area contributed by atoms with Crippen LogP contribution in [0.3, 0.4) is 0 Å². The van der Waals surface area contributed by atoms with Crippen molar-refractivity contribution in [3.8, 4) is 0 Å². The maximum Gasteiger partial charge on any atom is 0.430 e. The number of halogens is 12. The molecule has 2 nitrogen and oxygen atoms in total. The lowest BCUT2D eigenvalue weighted by Crippen LogP contribution is -2.53. The Kier molecular flexibility index (Phi) is 30.9. The highest BCUT2D eigenvalue weighted by molar-refractivity contribution is 5.35. The normalized spacial score (nSPS) is 38.0. The van der Waals surface area contributed by atoms with E-state index in [9.17, 15) is 57.8 Å². The van der Waals surface area contributed by atoms with Crippen LogP contribution in [0.25, 0.3) is 0 Å². The van der Waals surface area contributed by atoms with E-state index in [4.69, 9.17) is 0 Å². The minimum Gasteiger partial charge on any atom is -0.369 e. The van der Waals surface area contributed by atoms with Crippen molar-refractivity contribution in [2.24, 2.45) is 194 Å². The van der Waals surface area contributed by atoms with E-state index in [1.807, 2.05) is 12.2 Å². The van der Waals surface area contributed by atoms with E-state index in [1.54, 1.807) is 12.8 Å². The smallest absolute Gasteiger partial charge is 0.369 e. The number of ether oxygens (including phenoxy) is 1. The molecular formula is C105H152F12O2. The minimum absolute atomic E-state index is 0.0668. The highest BCUT2D eigenvalue weighted by Gasteiger charge is 2.71. The predicted molar refractivity (Wildman–Crippen MR) is 462 cm³/mol. The molecule has 0 aromatic heterocycles. The van der Waals surface area contributed by atoms with Gasteiger partial charge in [0.2, 0.25) is 6.10 Å². The molecule has 0 amide bonds. The summed E-state index contributed by atoms with van der Waals surface area (Å²) in [7, 11) is 0. The van der Waals surface area contributed by atoms with E-state index in [2.05, 4.69) is 199 Å². The number of aliphatic hydroxyl groups is 1. The van der Waals surface area contributed by atoms with E-state index >= 15 is 0 Å². The highest BCUT2D eigenvalue weighted by atomic mass is 19.4. The number of fused-ring (bicyclic) bond motifs is 18. The zero-order chi connectivity index (χ0) is 86.1. The van der Waals surface area contributed by atoms with Crippen LogP contribution in [-0.2, 0) is 10.3 Å². The molecule has 18 bridgehead atoms. The van der Waals surface area contributed by atoms with Crippen LogP contribution >= 0.6 is 0 Å². The Labute approximate surface area is 710 Å². The number of hydrogen-bond acceptors (Lipinski definition) is 2. The van der Waals surface area contributed by atoms with Gasteiger partial charge in [0.05, 0.1) is 6.61 Å². The topological polar surface area (TPSA) is 29.5 Å². The van der Waals surface area contributed by atoms with Crippen LogP contribution in [0.4, 0.5) is 52.7 Å². The molecule has 1 N–H and O–H groups in total. The van der Waals surface area contributed by atoms with Gasteiger partial charge in [0.15, 0.2) is 0 Å². The van der Waals surface area contributed by atoms with Crippen LogP contribution < -0.4 is 0 Å². The van der Waals surface area contributed by atoms with Gasteiger partial charge in [0, 0.05) is 5.56 Å². The Balaban J connectivity index is 0.000000125. The van der Waals surface area contributed by atoms with Gasteiger partial charge in [0.25, 0.3) is 5.60 Å². The van der Waals surface area contributed by atoms with E-state index in [-0.39, 0.29) is 23.7 Å². The van der Waals surface area contributed by atoms with Crippen molar-refractivity contribution in [3.63, 3.8) is 0 Å². The largest absolute Gasteiger partial charge is 0.430 e. The minimum atomic E-state index is -5.85. The van der Waals surface area contributed by atoms with Gasteiger partial charge >= 0.3 is 24.7 Å². The van der Waals surface area contributed by atoms with Crippen molar-refractivity contribution in [2.45, 2.75) is 306 Å². The zero-order valence-corrected chi connectivity index (χ0v) is 74.7. The average molecular weight is 1670 g/mol. The molecule has 0 radical (unpaired) electrons. The lowest BCUT2D eigenvalue weighted by Gasteiger charge is -2.33. The Hall–Kier alpha value is -4.04. The van der Waals surface area contributed by atoms with Gasteiger partial charge in [-0.2, -0.15) is 52.7 Å². The first-order valence-electron chi connectivity index (χ1n) is 47.7. The summed E-state index contributed by atoms with van der Waals surface area (Å²) in [4.78, 5) is 0. The summed E-state index contributed by atoms with van der Waals surface area (Å²) < 4.78 is 154. The van der Waals surface area contributed by atoms with Crippen LogP contribution in [0.2, 0.25) is 0 Å². The molecule has 0 heterocycles. The maximum atomic E-state index is 12.8. The van der Waals surface area contributed by atoms with Gasteiger partial charge in [0.1, 0.15) is 0 Å². The SMILES string of the molecule is C1=CC2CC1CC2C1CCCCC1.CC(C)(C)C1CC2C=CC1C2.CC(C)(C)CC1CC2C=CC1C2.CC(C)C(C)C1CC2C=CC1C2.CC(C)C1CC2C=CC1C2.CC(C)CC1CC2C=CC1C2.CCC1CC2C=CC1C2.FC(F)(F)C(OCC1CC2C=CC1C2)C(F)(F)F.OC(c1ccc(C2CC3C=CC2C3)cc1)(C(F)(F)F)C(F)(F)F. The molecule has 0 spiro atoms. The van der Waals surface area contributed by atoms with Gasteiger partial charge in [-0.25, -0.2) is 0 Å². The van der Waals surface area contributed by atoms with Crippen LogP contribution in [0.15, 0.2) is 134 Å². The molecule has 19 aliphatic carbocycles. The number of rotatable bonds is 13. The van der Waals surface area contributed by atoms with Crippen LogP contribution in [0.1, 0.15) is 281 Å². The van der Waals surface area contributed by atoms with Gasteiger partial charge in [-0.15, -0.1) is 0 Å². The fraction of sp³-hybridized carbons (Fsp3) is 0.771. The van der Waals surface area contributed by atoms with E-state index in [0.29, 0.717) is 34.7 Å². The zero-order valence-electron chi connectivity index (χ0n) is 74.7. The molecule has 28 atom stereocenters. The second-order valence-electron chi connectivity index (χ2n) is 44.8. The Morgan fingerprint density at radius 2 is 0.773 bits per heavy atom. The van der Waals surface area contributed by atoms with Crippen molar-refractivity contribution >= 4 is 0 Å². The van der Waals surface area contributed by atoms with Gasteiger partial charge in [-0.05, 0) is 334 Å². The number of benzene rings is 1. The summed E-state index contributed by atoms with van der Waals surface area (Å²) >= 11 is 0. The second-order valence-corrected chi connectivity index (χ2v) is 44.8. The Morgan fingerprint density at radius 3 is 1.08 bits per heavy atom. The van der Waals surface area contributed by atoms with E-state index in [1.165, 1.54) is 141 Å². The summed E-state index contributed by atoms with van der Waals surface area (Å²) in [6.07, 6.45) is 51.8. The van der Waals surface area contributed by atoms with E-state index in [0.717, 1.165) is 185 Å². The fourth-order valence-electron chi connectivity index (χ4n) is 26.6. The van der Waals surface area contributed by atoms with Crippen molar-refractivity contribution in [1.82, 2.24) is 0 Å². The van der Waals surface area contributed by atoms with E-state index < -0.39 is 48.6 Å². The second kappa shape index (κ2) is 39.1. The maximum absolute atomic E-state index is 12.8. The number of alkyl halides is 12.